The van der Waals surface area contributed by atoms with Crippen molar-refractivity contribution in [1.29, 1.82) is 0 Å². The number of aromatic nitrogens is 3. The van der Waals surface area contributed by atoms with Gasteiger partial charge in [0.05, 0.1) is 11.1 Å². The Morgan fingerprint density at radius 2 is 2.11 bits per heavy atom. The summed E-state index contributed by atoms with van der Waals surface area (Å²) in [5.41, 5.74) is 2.25. The van der Waals surface area contributed by atoms with Crippen LogP contribution in [0, 0.1) is 19.7 Å². The lowest BCUT2D eigenvalue weighted by molar-refractivity contribution is 0.571. The van der Waals surface area contributed by atoms with Gasteiger partial charge in [0.2, 0.25) is 5.89 Å². The number of nitrogens with zero attached hydrogens (tertiary/aromatic N) is 3. The van der Waals surface area contributed by atoms with Crippen LogP contribution in [-0.4, -0.2) is 14.5 Å². The molecule has 0 bridgehead atoms. The average molecular weight is 401 g/mol. The van der Waals surface area contributed by atoms with E-state index in [0.717, 1.165) is 15.3 Å². The van der Waals surface area contributed by atoms with E-state index in [-0.39, 0.29) is 11.4 Å². The van der Waals surface area contributed by atoms with Gasteiger partial charge in [0.15, 0.2) is 5.16 Å². The molecule has 0 fully saturated rings. The fourth-order valence-corrected chi connectivity index (χ4v) is 4.67. The van der Waals surface area contributed by atoms with E-state index in [1.54, 1.807) is 30.0 Å². The summed E-state index contributed by atoms with van der Waals surface area (Å²) in [6.45, 7) is 3.95. The summed E-state index contributed by atoms with van der Waals surface area (Å²) in [5, 5.41) is 1.32. The standard InChI is InChI=1S/C19H16FN3O2S2/c1-10-11(2)27-17-15(10)18(24)23(3)19(22-17)26-9-14-8-25-16(21-14)12-5-4-6-13(20)7-12/h4-8H,9H2,1-3H3. The van der Waals surface area contributed by atoms with E-state index in [0.29, 0.717) is 33.4 Å². The lowest BCUT2D eigenvalue weighted by Gasteiger charge is -2.06. The van der Waals surface area contributed by atoms with E-state index in [1.807, 2.05) is 13.8 Å². The highest BCUT2D eigenvalue weighted by atomic mass is 32.2. The first-order chi connectivity index (χ1) is 12.9. The van der Waals surface area contributed by atoms with Gasteiger partial charge in [-0.05, 0) is 37.6 Å². The van der Waals surface area contributed by atoms with Crippen molar-refractivity contribution in [2.45, 2.75) is 24.8 Å². The molecule has 5 nitrogen and oxygen atoms in total. The summed E-state index contributed by atoms with van der Waals surface area (Å²) in [5.74, 6) is 0.524. The zero-order valence-electron chi connectivity index (χ0n) is 14.9. The Kier molecular flexibility index (Phi) is 4.61. The number of hydrogen-bond acceptors (Lipinski definition) is 6. The Labute approximate surface area is 162 Å². The SMILES string of the molecule is Cc1sc2nc(SCc3coc(-c4cccc(F)c4)n3)n(C)c(=O)c2c1C. The lowest BCUT2D eigenvalue weighted by atomic mass is 10.2. The van der Waals surface area contributed by atoms with Crippen molar-refractivity contribution in [3.8, 4) is 11.5 Å². The van der Waals surface area contributed by atoms with Gasteiger partial charge in [-0.2, -0.15) is 0 Å². The Morgan fingerprint density at radius 1 is 1.30 bits per heavy atom. The van der Waals surface area contributed by atoms with Gasteiger partial charge in [-0.15, -0.1) is 11.3 Å². The average Bonchev–Trinajstić information content (AvgIpc) is 3.22. The Balaban J connectivity index is 1.59. The molecular weight excluding hydrogens is 385 g/mol. The summed E-state index contributed by atoms with van der Waals surface area (Å²) in [6, 6.07) is 6.11. The molecular formula is C19H16FN3O2S2. The summed E-state index contributed by atoms with van der Waals surface area (Å²) < 4.78 is 20.4. The molecule has 0 amide bonds. The minimum atomic E-state index is -0.337. The molecule has 138 valence electrons. The molecule has 1 aromatic carbocycles. The fourth-order valence-electron chi connectivity index (χ4n) is 2.75. The molecule has 0 atom stereocenters. The van der Waals surface area contributed by atoms with Crippen LogP contribution in [0.25, 0.3) is 21.7 Å². The molecule has 3 heterocycles. The maximum atomic E-state index is 13.4. The molecule has 27 heavy (non-hydrogen) atoms. The molecule has 0 aliphatic heterocycles. The molecule has 0 radical (unpaired) electrons. The number of rotatable bonds is 4. The van der Waals surface area contributed by atoms with Gasteiger partial charge in [-0.25, -0.2) is 14.4 Å². The third-order valence-corrected chi connectivity index (χ3v) is 6.51. The number of thioether (sulfide) groups is 1. The quantitative estimate of drug-likeness (QED) is 0.366. The van der Waals surface area contributed by atoms with Crippen LogP contribution < -0.4 is 5.56 Å². The predicted octanol–water partition coefficient (Wildman–Crippen LogP) is 4.70. The third kappa shape index (κ3) is 3.30. The second-order valence-corrected chi connectivity index (χ2v) is 8.31. The van der Waals surface area contributed by atoms with Crippen molar-refractivity contribution >= 4 is 33.3 Å². The molecule has 0 aliphatic carbocycles. The maximum Gasteiger partial charge on any atom is 0.262 e. The van der Waals surface area contributed by atoms with Gasteiger partial charge >= 0.3 is 0 Å². The van der Waals surface area contributed by atoms with Gasteiger partial charge in [0.1, 0.15) is 16.9 Å². The number of halogens is 1. The molecule has 0 N–H and O–H groups in total. The topological polar surface area (TPSA) is 60.9 Å². The summed E-state index contributed by atoms with van der Waals surface area (Å²) in [4.78, 5) is 23.6. The van der Waals surface area contributed by atoms with E-state index in [1.165, 1.54) is 35.2 Å². The molecule has 4 rings (SSSR count). The van der Waals surface area contributed by atoms with E-state index in [9.17, 15) is 9.18 Å². The zero-order chi connectivity index (χ0) is 19.1. The molecule has 0 saturated carbocycles. The second-order valence-electron chi connectivity index (χ2n) is 6.16. The minimum Gasteiger partial charge on any atom is -0.444 e. The normalized spacial score (nSPS) is 11.4. The van der Waals surface area contributed by atoms with E-state index < -0.39 is 0 Å². The molecule has 4 aromatic rings. The van der Waals surface area contributed by atoms with Crippen molar-refractivity contribution in [3.63, 3.8) is 0 Å². The van der Waals surface area contributed by atoms with Crippen molar-refractivity contribution in [2.75, 3.05) is 0 Å². The first-order valence-corrected chi connectivity index (χ1v) is 10.0. The molecule has 0 unspecified atom stereocenters. The number of thiophene rings is 1. The molecule has 0 aliphatic rings. The number of benzene rings is 1. The fraction of sp³-hybridized carbons (Fsp3) is 0.211. The molecule has 0 saturated heterocycles. The molecule has 8 heteroatoms. The number of hydrogen-bond donors (Lipinski definition) is 0. The Bertz CT molecular complexity index is 1210. The van der Waals surface area contributed by atoms with Crippen molar-refractivity contribution < 1.29 is 8.81 Å². The minimum absolute atomic E-state index is 0.0371. The molecule has 0 spiro atoms. The number of aryl methyl sites for hydroxylation is 2. The van der Waals surface area contributed by atoms with E-state index in [4.69, 9.17) is 4.42 Å². The van der Waals surface area contributed by atoms with Crippen LogP contribution in [0.3, 0.4) is 0 Å². The predicted molar refractivity (Wildman–Crippen MR) is 106 cm³/mol. The van der Waals surface area contributed by atoms with Crippen LogP contribution in [-0.2, 0) is 12.8 Å². The Morgan fingerprint density at radius 3 is 2.89 bits per heavy atom. The molecule has 3 aromatic heterocycles. The zero-order valence-corrected chi connectivity index (χ0v) is 16.6. The highest BCUT2D eigenvalue weighted by Gasteiger charge is 2.16. The van der Waals surface area contributed by atoms with Crippen molar-refractivity contribution in [3.05, 3.63) is 62.8 Å². The summed E-state index contributed by atoms with van der Waals surface area (Å²) in [7, 11) is 1.73. The van der Waals surface area contributed by atoms with Crippen LogP contribution in [0.15, 0.2) is 44.9 Å². The second kappa shape index (κ2) is 6.94. The number of fused-ring (bicyclic) bond motifs is 1. The van der Waals surface area contributed by atoms with Crippen LogP contribution in [0.2, 0.25) is 0 Å². The first-order valence-electron chi connectivity index (χ1n) is 8.24. The van der Waals surface area contributed by atoms with Gasteiger partial charge in [0.25, 0.3) is 5.56 Å². The van der Waals surface area contributed by atoms with E-state index >= 15 is 0 Å². The van der Waals surface area contributed by atoms with Crippen LogP contribution in [0.5, 0.6) is 0 Å². The van der Waals surface area contributed by atoms with Gasteiger partial charge in [-0.1, -0.05) is 17.8 Å². The smallest absolute Gasteiger partial charge is 0.262 e. The monoisotopic (exact) mass is 401 g/mol. The largest absolute Gasteiger partial charge is 0.444 e. The van der Waals surface area contributed by atoms with Gasteiger partial charge in [-0.3, -0.25) is 9.36 Å². The van der Waals surface area contributed by atoms with E-state index in [2.05, 4.69) is 9.97 Å². The summed E-state index contributed by atoms with van der Waals surface area (Å²) in [6.07, 6.45) is 1.54. The van der Waals surface area contributed by atoms with Gasteiger partial charge < -0.3 is 4.42 Å². The lowest BCUT2D eigenvalue weighted by Crippen LogP contribution is -2.19. The highest BCUT2D eigenvalue weighted by Crippen LogP contribution is 2.29. The maximum absolute atomic E-state index is 13.4. The van der Waals surface area contributed by atoms with Crippen molar-refractivity contribution in [2.24, 2.45) is 7.05 Å². The number of oxazole rings is 1. The highest BCUT2D eigenvalue weighted by molar-refractivity contribution is 7.98. The van der Waals surface area contributed by atoms with Crippen LogP contribution >= 0.6 is 23.1 Å². The van der Waals surface area contributed by atoms with Crippen LogP contribution in [0.4, 0.5) is 4.39 Å². The summed E-state index contributed by atoms with van der Waals surface area (Å²) >= 11 is 2.95. The first kappa shape index (κ1) is 17.9. The van der Waals surface area contributed by atoms with Crippen LogP contribution in [0.1, 0.15) is 16.1 Å². The van der Waals surface area contributed by atoms with Gasteiger partial charge in [0, 0.05) is 23.2 Å². The third-order valence-electron chi connectivity index (χ3n) is 4.34. The Hall–Kier alpha value is -2.45. The van der Waals surface area contributed by atoms with Crippen molar-refractivity contribution in [1.82, 2.24) is 14.5 Å².